The Labute approximate surface area is 91.9 Å². The first-order chi connectivity index (χ1) is 6.08. The van der Waals surface area contributed by atoms with Crippen molar-refractivity contribution in [2.24, 2.45) is 0 Å². The third-order valence-corrected chi connectivity index (χ3v) is 4.44. The molecule has 4 heteroatoms. The third-order valence-electron chi connectivity index (χ3n) is 2.11. The minimum atomic E-state index is -0.0184. The predicted molar refractivity (Wildman–Crippen MR) is 59.7 cm³/mol. The monoisotopic (exact) mass is 216 g/mol. The molecule has 0 aromatic carbocycles. The Hall–Kier alpha value is 0.509. The quantitative estimate of drug-likeness (QED) is 0.614. The second-order valence-corrected chi connectivity index (χ2v) is 8.19. The van der Waals surface area contributed by atoms with Gasteiger partial charge in [0, 0.05) is 12.3 Å². The van der Waals surface area contributed by atoms with Crippen molar-refractivity contribution < 1.29 is 8.54 Å². The second-order valence-electron chi connectivity index (χ2n) is 4.75. The molecule has 13 heavy (non-hydrogen) atoms. The fourth-order valence-corrected chi connectivity index (χ4v) is 3.79. The van der Waals surface area contributed by atoms with Gasteiger partial charge in [-0.05, 0) is 24.3 Å². The van der Waals surface area contributed by atoms with Gasteiger partial charge in [0.25, 0.3) is 0 Å². The van der Waals surface area contributed by atoms with Crippen LogP contribution in [0.4, 0.5) is 0 Å². The molecular formula is C9H21AlO2Si. The normalized spacial score (nSPS) is 24.0. The van der Waals surface area contributed by atoms with Crippen LogP contribution in [0.1, 0.15) is 40.0 Å². The van der Waals surface area contributed by atoms with E-state index in [1.165, 1.54) is 19.3 Å². The number of rotatable bonds is 1. The van der Waals surface area contributed by atoms with Crippen LogP contribution >= 0.6 is 0 Å². The van der Waals surface area contributed by atoms with Gasteiger partial charge in [0.1, 0.15) is 0 Å². The molecule has 1 aliphatic heterocycles. The van der Waals surface area contributed by atoms with Crippen LogP contribution in [-0.4, -0.2) is 38.1 Å². The van der Waals surface area contributed by atoms with E-state index in [4.69, 9.17) is 8.54 Å². The van der Waals surface area contributed by atoms with E-state index in [1.807, 2.05) is 0 Å². The molecule has 0 radical (unpaired) electrons. The summed E-state index contributed by atoms with van der Waals surface area (Å²) in [4.78, 5) is 0. The summed E-state index contributed by atoms with van der Waals surface area (Å²) in [6.07, 6.45) is 4.02. The van der Waals surface area contributed by atoms with Crippen LogP contribution in [0.2, 0.25) is 5.04 Å². The first-order valence-corrected chi connectivity index (χ1v) is 7.08. The Balaban J connectivity index is 0.000000671. The van der Waals surface area contributed by atoms with Crippen LogP contribution in [-0.2, 0) is 8.54 Å². The van der Waals surface area contributed by atoms with Crippen LogP contribution in [0.25, 0.3) is 0 Å². The summed E-state index contributed by atoms with van der Waals surface area (Å²) in [5.41, 5.74) is 0.684. The summed E-state index contributed by atoms with van der Waals surface area (Å²) >= 11 is 0.611. The van der Waals surface area contributed by atoms with E-state index in [9.17, 15) is 0 Å². The van der Waals surface area contributed by atoms with E-state index in [0.717, 1.165) is 6.61 Å². The molecule has 1 atom stereocenters. The first kappa shape index (κ1) is 13.5. The zero-order valence-corrected chi connectivity index (χ0v) is 12.0. The van der Waals surface area contributed by atoms with Crippen molar-refractivity contribution in [1.82, 2.24) is 0 Å². The average molecular weight is 216 g/mol. The van der Waals surface area contributed by atoms with Gasteiger partial charge in [0.15, 0.2) is 0 Å². The van der Waals surface area contributed by atoms with Gasteiger partial charge < -0.3 is 4.74 Å². The molecule has 0 saturated carbocycles. The van der Waals surface area contributed by atoms with Crippen molar-refractivity contribution in [1.29, 1.82) is 0 Å². The Morgan fingerprint density at radius 1 is 1.31 bits per heavy atom. The van der Waals surface area contributed by atoms with Crippen molar-refractivity contribution in [3.8, 4) is 0 Å². The summed E-state index contributed by atoms with van der Waals surface area (Å²) in [5, 5.41) is 0.571. The molecule has 1 saturated heterocycles. The third kappa shape index (κ3) is 7.57. The van der Waals surface area contributed by atoms with Crippen LogP contribution in [0, 0.1) is 0 Å². The van der Waals surface area contributed by atoms with Gasteiger partial charge in [-0.3, -0.25) is 0 Å². The topological polar surface area (TPSA) is 26.3 Å². The van der Waals surface area contributed by atoms with Gasteiger partial charge in [-0.15, -0.1) is 0 Å². The zero-order chi connectivity index (χ0) is 10.3. The second kappa shape index (κ2) is 6.89. The number of hydrogen-bond acceptors (Lipinski definition) is 2. The zero-order valence-electron chi connectivity index (χ0n) is 9.14. The molecule has 0 bridgehead atoms. The molecule has 1 unspecified atom stereocenters. The summed E-state index contributed by atoms with van der Waals surface area (Å²) in [7, 11) is -0.0184. The van der Waals surface area contributed by atoms with Gasteiger partial charge >= 0.3 is 20.0 Å². The van der Waals surface area contributed by atoms with Crippen molar-refractivity contribution >= 4 is 25.7 Å². The Bertz CT molecular complexity index is 130. The van der Waals surface area contributed by atoms with Gasteiger partial charge in [0.05, 0.1) is 9.52 Å². The number of ether oxygens (including phenoxy) is 1. The maximum absolute atomic E-state index is 8.28. The van der Waals surface area contributed by atoms with Crippen molar-refractivity contribution in [2.75, 3.05) is 6.61 Å². The molecule has 0 spiro atoms. The molecule has 0 aromatic heterocycles. The summed E-state index contributed by atoms with van der Waals surface area (Å²) in [6, 6.07) is 0. The molecule has 1 fully saturated rings. The van der Waals surface area contributed by atoms with Gasteiger partial charge in [0.2, 0.25) is 0 Å². The van der Waals surface area contributed by atoms with Crippen LogP contribution < -0.4 is 0 Å². The molecule has 0 aromatic rings. The van der Waals surface area contributed by atoms with E-state index >= 15 is 0 Å². The van der Waals surface area contributed by atoms with Crippen LogP contribution in [0.3, 0.4) is 0 Å². The van der Waals surface area contributed by atoms with E-state index in [2.05, 4.69) is 20.8 Å². The standard InChI is InChI=1S/C9H20OSi.Al.O.H/c1-9(2,3)11-8-6-4-5-7-10-8;;;/h8H,4-7,11H2,1-3H3;;;. The molecule has 0 aliphatic carbocycles. The van der Waals surface area contributed by atoms with Crippen molar-refractivity contribution in [3.63, 3.8) is 0 Å². The van der Waals surface area contributed by atoms with E-state index in [0.29, 0.717) is 27.0 Å². The van der Waals surface area contributed by atoms with Crippen molar-refractivity contribution in [2.45, 2.75) is 50.8 Å². The molecule has 2 nitrogen and oxygen atoms in total. The molecule has 1 aliphatic rings. The van der Waals surface area contributed by atoms with E-state index < -0.39 is 0 Å². The predicted octanol–water partition coefficient (Wildman–Crippen LogP) is 1.13. The molecule has 76 valence electrons. The summed E-state index contributed by atoms with van der Waals surface area (Å²) in [5.74, 6) is 0. The number of hydrogen-bond donors (Lipinski definition) is 0. The van der Waals surface area contributed by atoms with Crippen LogP contribution in [0.15, 0.2) is 0 Å². The fourth-order valence-electron chi connectivity index (χ4n) is 1.65. The molecule has 0 N–H and O–H groups in total. The van der Waals surface area contributed by atoms with Gasteiger partial charge in [-0.2, -0.15) is 0 Å². The van der Waals surface area contributed by atoms with Crippen LogP contribution in [0.5, 0.6) is 0 Å². The summed E-state index contributed by atoms with van der Waals surface area (Å²) < 4.78 is 14.0. The average Bonchev–Trinajstić information content (AvgIpc) is 2.07. The molecule has 0 amide bonds. The maximum atomic E-state index is 8.28. The van der Waals surface area contributed by atoms with Crippen molar-refractivity contribution in [3.05, 3.63) is 0 Å². The SMILES string of the molecule is CC(C)(C)[SiH2]C1CCCCO1.[O]=[AlH]. The van der Waals surface area contributed by atoms with Gasteiger partial charge in [-0.1, -0.05) is 20.8 Å². The Morgan fingerprint density at radius 3 is 2.31 bits per heavy atom. The molecular weight excluding hydrogens is 195 g/mol. The molecule has 1 heterocycles. The molecule has 1 rings (SSSR count). The Morgan fingerprint density at radius 2 is 1.92 bits per heavy atom. The minimum absolute atomic E-state index is 0.0184. The van der Waals surface area contributed by atoms with E-state index in [1.54, 1.807) is 0 Å². The van der Waals surface area contributed by atoms with Gasteiger partial charge in [-0.25, -0.2) is 0 Å². The fraction of sp³-hybridized carbons (Fsp3) is 1.00. The summed E-state index contributed by atoms with van der Waals surface area (Å²) in [6.45, 7) is 8.05. The Kier molecular flexibility index (Phi) is 7.16. The first-order valence-electron chi connectivity index (χ1n) is 4.98. The van der Waals surface area contributed by atoms with E-state index in [-0.39, 0.29) is 9.52 Å².